The smallest absolute Gasteiger partial charge is 0.406 e. The molecular formula is C26H29F4N5O3S. The second-order valence-electron chi connectivity index (χ2n) is 9.43. The molecule has 1 aromatic carbocycles. The third-order valence-electron chi connectivity index (χ3n) is 6.40. The zero-order valence-electron chi connectivity index (χ0n) is 21.6. The Bertz CT molecular complexity index is 1510. The molecule has 0 spiro atoms. The minimum Gasteiger partial charge on any atom is -0.495 e. The van der Waals surface area contributed by atoms with E-state index in [1.807, 2.05) is 11.9 Å². The van der Waals surface area contributed by atoms with Gasteiger partial charge in [-0.25, -0.2) is 17.8 Å². The number of nitrogens with one attached hydrogen (secondary N) is 2. The number of hydrogen-bond acceptors (Lipinski definition) is 7. The second kappa shape index (κ2) is 11.3. The summed E-state index contributed by atoms with van der Waals surface area (Å²) in [5, 5.41) is 6.57. The Balaban J connectivity index is 1.61. The fourth-order valence-corrected chi connectivity index (χ4v) is 5.09. The summed E-state index contributed by atoms with van der Waals surface area (Å²) in [5.74, 6) is 5.87. The molecule has 0 saturated carbocycles. The molecule has 210 valence electrons. The summed E-state index contributed by atoms with van der Waals surface area (Å²) in [5.41, 5.74) is 1.17. The number of halogens is 4. The number of ether oxygens (including phenoxy) is 1. The van der Waals surface area contributed by atoms with Gasteiger partial charge in [-0.2, -0.15) is 13.2 Å². The number of sulfone groups is 1. The van der Waals surface area contributed by atoms with Crippen molar-refractivity contribution in [3.63, 3.8) is 0 Å². The van der Waals surface area contributed by atoms with Gasteiger partial charge in [0.1, 0.15) is 24.1 Å². The molecule has 0 bridgehead atoms. The van der Waals surface area contributed by atoms with Crippen LogP contribution in [0.5, 0.6) is 5.75 Å². The number of anilines is 2. The van der Waals surface area contributed by atoms with Crippen LogP contribution in [0.3, 0.4) is 0 Å². The van der Waals surface area contributed by atoms with E-state index < -0.39 is 34.8 Å². The number of aromatic nitrogens is 2. The van der Waals surface area contributed by atoms with Gasteiger partial charge in [-0.05, 0) is 43.7 Å². The van der Waals surface area contributed by atoms with Gasteiger partial charge in [0.15, 0.2) is 9.84 Å². The summed E-state index contributed by atoms with van der Waals surface area (Å²) in [7, 11) is -0.199. The normalized spacial score (nSPS) is 18.4. The maximum absolute atomic E-state index is 14.6. The van der Waals surface area contributed by atoms with Gasteiger partial charge in [0.25, 0.3) is 0 Å². The summed E-state index contributed by atoms with van der Waals surface area (Å²) in [6.07, 6.45) is -2.61. The molecule has 2 aromatic heterocycles. The Kier molecular flexibility index (Phi) is 8.27. The molecule has 1 saturated heterocycles. The lowest BCUT2D eigenvalue weighted by Gasteiger charge is -2.33. The number of methoxy groups -OCH3 is 1. The van der Waals surface area contributed by atoms with Crippen LogP contribution in [-0.4, -0.2) is 81.3 Å². The Hall–Kier alpha value is -3.50. The van der Waals surface area contributed by atoms with Gasteiger partial charge >= 0.3 is 6.18 Å². The number of likely N-dealkylation sites (tertiary alicyclic amines) is 1. The highest BCUT2D eigenvalue weighted by molar-refractivity contribution is 7.90. The van der Waals surface area contributed by atoms with Crippen LogP contribution < -0.4 is 15.4 Å². The third kappa shape index (κ3) is 6.93. The molecular weight excluding hydrogens is 538 g/mol. The number of benzene rings is 1. The average molecular weight is 568 g/mol. The number of piperidine rings is 1. The molecule has 8 nitrogen and oxygen atoms in total. The number of hydrogen-bond donors (Lipinski definition) is 2. The predicted molar refractivity (Wildman–Crippen MR) is 142 cm³/mol. The van der Waals surface area contributed by atoms with Crippen molar-refractivity contribution < 1.29 is 30.7 Å². The van der Waals surface area contributed by atoms with E-state index in [1.165, 1.54) is 37.6 Å². The van der Waals surface area contributed by atoms with Gasteiger partial charge in [0.05, 0.1) is 36.0 Å². The summed E-state index contributed by atoms with van der Waals surface area (Å²) in [6.45, 7) is -0.274. The minimum absolute atomic E-state index is 0.0415. The first-order chi connectivity index (χ1) is 18.4. The van der Waals surface area contributed by atoms with Gasteiger partial charge in [-0.15, -0.1) is 0 Å². The quantitative estimate of drug-likeness (QED) is 0.331. The second-order valence-corrected chi connectivity index (χ2v) is 11.4. The minimum atomic E-state index is -4.52. The van der Waals surface area contributed by atoms with Crippen molar-refractivity contribution in [3.8, 4) is 17.6 Å². The maximum Gasteiger partial charge on any atom is 0.406 e. The summed E-state index contributed by atoms with van der Waals surface area (Å²) >= 11 is 0. The Labute approximate surface area is 224 Å². The molecule has 1 aliphatic heterocycles. The first-order valence-electron chi connectivity index (χ1n) is 12.1. The number of nitrogens with zero attached hydrogens (tertiary/aromatic N) is 3. The number of pyridine rings is 1. The van der Waals surface area contributed by atoms with Crippen molar-refractivity contribution in [1.82, 2.24) is 14.5 Å². The monoisotopic (exact) mass is 567 g/mol. The van der Waals surface area contributed by atoms with Crippen LogP contribution in [-0.2, 0) is 16.4 Å². The van der Waals surface area contributed by atoms with E-state index in [1.54, 1.807) is 6.07 Å². The fraction of sp³-hybridized carbons (Fsp3) is 0.423. The van der Waals surface area contributed by atoms with Gasteiger partial charge in [-0.1, -0.05) is 5.92 Å². The first kappa shape index (κ1) is 28.5. The van der Waals surface area contributed by atoms with E-state index in [4.69, 9.17) is 4.74 Å². The van der Waals surface area contributed by atoms with Crippen molar-refractivity contribution in [2.24, 2.45) is 0 Å². The average Bonchev–Trinajstić information content (AvgIpc) is 3.19. The highest BCUT2D eigenvalue weighted by Crippen LogP contribution is 2.31. The van der Waals surface area contributed by atoms with E-state index in [2.05, 4.69) is 27.5 Å². The third-order valence-corrected chi connectivity index (χ3v) is 7.51. The van der Waals surface area contributed by atoms with Gasteiger partial charge < -0.3 is 24.8 Å². The van der Waals surface area contributed by atoms with Gasteiger partial charge in [0, 0.05) is 42.7 Å². The summed E-state index contributed by atoms with van der Waals surface area (Å²) < 4.78 is 84.8. The molecule has 0 aliphatic carbocycles. The van der Waals surface area contributed by atoms with Crippen LogP contribution >= 0.6 is 0 Å². The van der Waals surface area contributed by atoms with Crippen molar-refractivity contribution in [1.29, 1.82) is 0 Å². The molecule has 1 aliphatic rings. The molecule has 0 amide bonds. The fourth-order valence-electron chi connectivity index (χ4n) is 4.46. The SMILES string of the molecule is COc1cc(S(C)(=O)=O)ccc1NCC#Cc1cc2c(N[C@@H]3CCN(C)C[C@@H]3F)ccnc2n1CC(F)(F)F. The van der Waals surface area contributed by atoms with E-state index in [9.17, 15) is 26.0 Å². The molecule has 39 heavy (non-hydrogen) atoms. The number of alkyl halides is 4. The highest BCUT2D eigenvalue weighted by atomic mass is 32.2. The molecule has 1 fully saturated rings. The molecule has 0 radical (unpaired) electrons. The standard InChI is InChI=1S/C26H29F4N5O3S/c1-34-12-9-22(20(27)15-34)33-21-8-11-32-25-19(21)13-17(35(25)16-26(28,29)30)5-4-10-31-23-7-6-18(39(3,36)37)14-24(23)38-2/h6-8,11,13-14,20,22,31H,9-10,12,15-16H2,1-3H3,(H,32,33)/t20-,22+/m0/s1. The van der Waals surface area contributed by atoms with Crippen molar-refractivity contribution >= 4 is 32.2 Å². The van der Waals surface area contributed by atoms with Crippen LogP contribution in [0.2, 0.25) is 0 Å². The molecule has 3 aromatic rings. The van der Waals surface area contributed by atoms with Crippen molar-refractivity contribution in [2.75, 3.05) is 50.7 Å². The Morgan fingerprint density at radius 3 is 2.64 bits per heavy atom. The van der Waals surface area contributed by atoms with Gasteiger partial charge in [0.2, 0.25) is 0 Å². The number of fused-ring (bicyclic) bond motifs is 1. The predicted octanol–water partition coefficient (Wildman–Crippen LogP) is 3.93. The zero-order valence-corrected chi connectivity index (χ0v) is 22.5. The molecule has 2 atom stereocenters. The lowest BCUT2D eigenvalue weighted by atomic mass is 10.0. The summed E-state index contributed by atoms with van der Waals surface area (Å²) in [4.78, 5) is 6.15. The summed E-state index contributed by atoms with van der Waals surface area (Å²) in [6, 6.07) is 6.99. The molecule has 3 heterocycles. The lowest BCUT2D eigenvalue weighted by Crippen LogP contribution is -2.46. The maximum atomic E-state index is 14.6. The largest absolute Gasteiger partial charge is 0.495 e. The van der Waals surface area contributed by atoms with E-state index in [-0.39, 0.29) is 35.1 Å². The van der Waals surface area contributed by atoms with Crippen LogP contribution in [0.15, 0.2) is 41.4 Å². The van der Waals surface area contributed by atoms with E-state index in [0.29, 0.717) is 29.7 Å². The van der Waals surface area contributed by atoms with Crippen LogP contribution in [0.1, 0.15) is 12.1 Å². The van der Waals surface area contributed by atoms with Gasteiger partial charge in [-0.3, -0.25) is 0 Å². The van der Waals surface area contributed by atoms with Crippen LogP contribution in [0, 0.1) is 11.8 Å². The molecule has 0 unspecified atom stereocenters. The Morgan fingerprint density at radius 1 is 1.21 bits per heavy atom. The van der Waals surface area contributed by atoms with Crippen LogP contribution in [0.25, 0.3) is 11.0 Å². The highest BCUT2D eigenvalue weighted by Gasteiger charge is 2.31. The van der Waals surface area contributed by atoms with Crippen LogP contribution in [0.4, 0.5) is 28.9 Å². The molecule has 4 rings (SSSR count). The first-order valence-corrected chi connectivity index (χ1v) is 14.0. The Morgan fingerprint density at radius 2 is 1.97 bits per heavy atom. The van der Waals surface area contributed by atoms with Crippen molar-refractivity contribution in [2.45, 2.75) is 36.3 Å². The van der Waals surface area contributed by atoms with E-state index >= 15 is 0 Å². The molecule has 13 heteroatoms. The van der Waals surface area contributed by atoms with Crippen molar-refractivity contribution in [3.05, 3.63) is 42.2 Å². The lowest BCUT2D eigenvalue weighted by molar-refractivity contribution is -0.140. The number of rotatable bonds is 7. The molecule has 2 N–H and O–H groups in total. The topological polar surface area (TPSA) is 88.5 Å². The van der Waals surface area contributed by atoms with E-state index in [0.717, 1.165) is 10.8 Å². The zero-order chi connectivity index (χ0) is 28.4.